The number of fused-ring (bicyclic) bond motifs is 3. The third kappa shape index (κ3) is 4.91. The van der Waals surface area contributed by atoms with Crippen LogP contribution in [-0.2, 0) is 20.9 Å². The van der Waals surface area contributed by atoms with Crippen LogP contribution in [0, 0.1) is 5.82 Å². The Morgan fingerprint density at radius 3 is 2.63 bits per heavy atom. The predicted octanol–water partition coefficient (Wildman–Crippen LogP) is 3.83. The van der Waals surface area contributed by atoms with Crippen LogP contribution in [-0.4, -0.2) is 58.0 Å². The van der Waals surface area contributed by atoms with Gasteiger partial charge in [-0.05, 0) is 58.2 Å². The summed E-state index contributed by atoms with van der Waals surface area (Å²) < 4.78 is 21.6. The van der Waals surface area contributed by atoms with E-state index in [1.165, 1.54) is 19.1 Å². The maximum atomic E-state index is 14.2. The normalized spacial score (nSPS) is 20.5. The molecule has 0 unspecified atom stereocenters. The van der Waals surface area contributed by atoms with E-state index < -0.39 is 11.4 Å². The number of amides is 3. The average molecular weight is 487 g/mol. The van der Waals surface area contributed by atoms with Crippen LogP contribution in [0.4, 0.5) is 10.1 Å². The van der Waals surface area contributed by atoms with Crippen LogP contribution >= 0.6 is 0 Å². The Labute approximate surface area is 205 Å². The van der Waals surface area contributed by atoms with Gasteiger partial charge in [0.15, 0.2) is 0 Å². The maximum absolute atomic E-state index is 14.2. The van der Waals surface area contributed by atoms with Gasteiger partial charge < -0.3 is 24.8 Å². The lowest BCUT2D eigenvalue weighted by atomic mass is 9.93. The average Bonchev–Trinajstić information content (AvgIpc) is 3.39. The third-order valence-corrected chi connectivity index (χ3v) is 6.99. The minimum absolute atomic E-state index is 0.0629. The summed E-state index contributed by atoms with van der Waals surface area (Å²) in [5.74, 6) is -1.39. The predicted molar refractivity (Wildman–Crippen MR) is 132 cm³/mol. The Balaban J connectivity index is 1.77. The number of aromatic nitrogens is 1. The number of carbonyl (C=O) groups excluding carboxylic acids is 3. The van der Waals surface area contributed by atoms with Gasteiger partial charge in [-0.3, -0.25) is 14.4 Å². The first-order valence-electron chi connectivity index (χ1n) is 12.5. The summed E-state index contributed by atoms with van der Waals surface area (Å²) in [7, 11) is 0. The quantitative estimate of drug-likeness (QED) is 0.555. The van der Waals surface area contributed by atoms with Crippen LogP contribution in [0.25, 0.3) is 10.9 Å². The molecular formula is C26H35FN4O4. The van der Waals surface area contributed by atoms with Crippen molar-refractivity contribution in [3.63, 3.8) is 0 Å². The zero-order chi connectivity index (χ0) is 25.3. The highest BCUT2D eigenvalue weighted by Crippen LogP contribution is 2.39. The Kier molecular flexibility index (Phi) is 7.17. The Hall–Kier alpha value is -2.94. The van der Waals surface area contributed by atoms with Crippen molar-refractivity contribution in [3.8, 4) is 0 Å². The second-order valence-electron chi connectivity index (χ2n) is 10.1. The summed E-state index contributed by atoms with van der Waals surface area (Å²) in [5.41, 5.74) is -0.0187. The van der Waals surface area contributed by atoms with Gasteiger partial charge in [-0.15, -0.1) is 0 Å². The molecule has 8 nitrogen and oxygen atoms in total. The summed E-state index contributed by atoms with van der Waals surface area (Å²) in [4.78, 5) is 41.3. The van der Waals surface area contributed by atoms with Crippen molar-refractivity contribution >= 4 is 34.3 Å². The number of halogens is 1. The van der Waals surface area contributed by atoms with Crippen LogP contribution in [0.3, 0.4) is 0 Å². The fraction of sp³-hybridized carbons (Fsp3) is 0.577. The van der Waals surface area contributed by atoms with Gasteiger partial charge in [0.2, 0.25) is 11.8 Å². The van der Waals surface area contributed by atoms with Crippen LogP contribution in [0.5, 0.6) is 0 Å². The van der Waals surface area contributed by atoms with E-state index in [0.717, 1.165) is 25.7 Å². The lowest BCUT2D eigenvalue weighted by Crippen LogP contribution is -2.65. The monoisotopic (exact) mass is 486 g/mol. The van der Waals surface area contributed by atoms with Gasteiger partial charge in [0.1, 0.15) is 17.1 Å². The maximum Gasteiger partial charge on any atom is 0.273 e. The number of ether oxygens (including phenoxy) is 1. The molecule has 1 aromatic carbocycles. The van der Waals surface area contributed by atoms with Crippen molar-refractivity contribution < 1.29 is 23.5 Å². The highest BCUT2D eigenvalue weighted by molar-refractivity contribution is 6.14. The first-order valence-corrected chi connectivity index (χ1v) is 12.5. The molecule has 2 aromatic rings. The summed E-state index contributed by atoms with van der Waals surface area (Å²) in [6, 6.07) is 4.33. The molecule has 0 spiro atoms. The van der Waals surface area contributed by atoms with Gasteiger partial charge >= 0.3 is 0 Å². The largest absolute Gasteiger partial charge is 0.379 e. The summed E-state index contributed by atoms with van der Waals surface area (Å²) in [6.07, 6.45) is 4.64. The molecule has 1 aromatic heterocycles. The number of hydrogen-bond donors (Lipinski definition) is 2. The smallest absolute Gasteiger partial charge is 0.273 e. The number of hydrogen-bond acceptors (Lipinski definition) is 4. The highest BCUT2D eigenvalue weighted by Gasteiger charge is 2.49. The van der Waals surface area contributed by atoms with Crippen LogP contribution in [0.2, 0.25) is 0 Å². The standard InChI is InChI=1S/C26H35FN4O4/c1-16(2)35-13-7-12-31-24(33)23-22(28-17(3)32)20-14-18(27)10-11-21(20)30(23)15-26(31,4)25(34)29-19-8-5-6-9-19/h10-11,14,16,19H,5-9,12-13,15H2,1-4H3,(H,28,32)(H,29,34)/t26-/m0/s1. The third-order valence-electron chi connectivity index (χ3n) is 6.99. The number of nitrogens with zero attached hydrogens (tertiary/aromatic N) is 2. The molecule has 1 aliphatic heterocycles. The van der Waals surface area contributed by atoms with E-state index in [4.69, 9.17) is 4.74 Å². The lowest BCUT2D eigenvalue weighted by molar-refractivity contribution is -0.133. The molecule has 1 aliphatic carbocycles. The summed E-state index contributed by atoms with van der Waals surface area (Å²) in [6.45, 7) is 7.99. The van der Waals surface area contributed by atoms with Crippen molar-refractivity contribution in [2.24, 2.45) is 0 Å². The highest BCUT2D eigenvalue weighted by atomic mass is 19.1. The van der Waals surface area contributed by atoms with Crippen molar-refractivity contribution in [1.29, 1.82) is 0 Å². The molecule has 35 heavy (non-hydrogen) atoms. The molecule has 2 aliphatic rings. The van der Waals surface area contributed by atoms with Crippen molar-refractivity contribution in [2.75, 3.05) is 18.5 Å². The topological polar surface area (TPSA) is 92.7 Å². The first kappa shape index (κ1) is 25.2. The molecule has 0 bridgehead atoms. The van der Waals surface area contributed by atoms with E-state index in [2.05, 4.69) is 10.6 Å². The summed E-state index contributed by atoms with van der Waals surface area (Å²) >= 11 is 0. The van der Waals surface area contributed by atoms with Gasteiger partial charge in [-0.25, -0.2) is 4.39 Å². The fourth-order valence-electron chi connectivity index (χ4n) is 5.26. The number of benzene rings is 1. The number of rotatable bonds is 8. The molecule has 1 saturated carbocycles. The van der Waals surface area contributed by atoms with Crippen LogP contribution in [0.15, 0.2) is 18.2 Å². The van der Waals surface area contributed by atoms with E-state index in [1.54, 1.807) is 22.5 Å². The molecule has 0 saturated heterocycles. The molecule has 1 fully saturated rings. The zero-order valence-electron chi connectivity index (χ0n) is 20.9. The van der Waals surface area contributed by atoms with E-state index >= 15 is 0 Å². The molecule has 9 heteroatoms. The van der Waals surface area contributed by atoms with E-state index in [0.29, 0.717) is 30.5 Å². The van der Waals surface area contributed by atoms with E-state index in [-0.39, 0.29) is 47.8 Å². The number of anilines is 1. The van der Waals surface area contributed by atoms with Crippen LogP contribution < -0.4 is 10.6 Å². The Morgan fingerprint density at radius 1 is 1.26 bits per heavy atom. The van der Waals surface area contributed by atoms with Gasteiger partial charge in [0.25, 0.3) is 5.91 Å². The molecular weight excluding hydrogens is 451 g/mol. The molecule has 2 heterocycles. The minimum atomic E-state index is -1.15. The van der Waals surface area contributed by atoms with Crippen LogP contribution in [0.1, 0.15) is 70.3 Å². The molecule has 4 rings (SSSR count). The lowest BCUT2D eigenvalue weighted by Gasteiger charge is -2.44. The number of nitrogens with one attached hydrogen (secondary N) is 2. The van der Waals surface area contributed by atoms with Crippen molar-refractivity contribution in [2.45, 2.75) is 84.0 Å². The molecule has 190 valence electrons. The Morgan fingerprint density at radius 2 is 1.97 bits per heavy atom. The van der Waals surface area contributed by atoms with Crippen molar-refractivity contribution in [1.82, 2.24) is 14.8 Å². The van der Waals surface area contributed by atoms with Gasteiger partial charge in [0.05, 0.1) is 23.9 Å². The Bertz CT molecular complexity index is 1140. The second kappa shape index (κ2) is 9.97. The van der Waals surface area contributed by atoms with Gasteiger partial charge in [-0.1, -0.05) is 12.8 Å². The van der Waals surface area contributed by atoms with E-state index in [1.807, 2.05) is 13.8 Å². The fourth-order valence-corrected chi connectivity index (χ4v) is 5.26. The first-order chi connectivity index (χ1) is 16.6. The molecule has 2 N–H and O–H groups in total. The zero-order valence-corrected chi connectivity index (χ0v) is 20.9. The minimum Gasteiger partial charge on any atom is -0.379 e. The molecule has 1 atom stereocenters. The SMILES string of the molecule is CC(=O)Nc1c2n(c3ccc(F)cc13)C[C@@](C)(C(=O)NC1CCCC1)N(CCCOC(C)C)C2=O. The summed E-state index contributed by atoms with van der Waals surface area (Å²) in [5, 5.41) is 6.34. The van der Waals surface area contributed by atoms with E-state index in [9.17, 15) is 18.8 Å². The number of carbonyl (C=O) groups is 3. The second-order valence-corrected chi connectivity index (χ2v) is 10.1. The molecule has 3 amide bonds. The van der Waals surface area contributed by atoms with Crippen molar-refractivity contribution in [3.05, 3.63) is 29.7 Å². The van der Waals surface area contributed by atoms with Gasteiger partial charge in [-0.2, -0.15) is 0 Å². The van der Waals surface area contributed by atoms with Gasteiger partial charge in [0, 0.05) is 31.5 Å². The molecule has 0 radical (unpaired) electrons.